The van der Waals surface area contributed by atoms with Crippen LogP contribution < -0.4 is 10.6 Å². The number of amides is 3. The smallest absolute Gasteiger partial charge is 0.250 e. The van der Waals surface area contributed by atoms with E-state index in [4.69, 9.17) is 4.74 Å². The van der Waals surface area contributed by atoms with Crippen molar-refractivity contribution in [3.8, 4) is 0 Å². The van der Waals surface area contributed by atoms with Crippen LogP contribution in [0.15, 0.2) is 42.5 Å². The van der Waals surface area contributed by atoms with Crippen molar-refractivity contribution in [3.63, 3.8) is 0 Å². The third-order valence-corrected chi connectivity index (χ3v) is 7.47. The number of nitrogens with zero attached hydrogens (tertiary/aromatic N) is 1. The molecule has 2 aromatic carbocycles. The topological polar surface area (TPSA) is 108 Å². The molecule has 180 valence electrons. The van der Waals surface area contributed by atoms with Crippen LogP contribution in [0, 0.1) is 11.8 Å². The highest BCUT2D eigenvalue weighted by molar-refractivity contribution is 6.04. The molecule has 3 N–H and O–H groups in total. The van der Waals surface area contributed by atoms with Crippen LogP contribution in [0.2, 0.25) is 0 Å². The van der Waals surface area contributed by atoms with Gasteiger partial charge < -0.3 is 25.4 Å². The van der Waals surface area contributed by atoms with Crippen LogP contribution in [0.4, 0.5) is 5.69 Å². The predicted molar refractivity (Wildman–Crippen MR) is 127 cm³/mol. The lowest BCUT2D eigenvalue weighted by molar-refractivity contribution is -0.141. The number of anilines is 1. The first-order valence-electron chi connectivity index (χ1n) is 12.2. The van der Waals surface area contributed by atoms with E-state index in [9.17, 15) is 19.5 Å². The van der Waals surface area contributed by atoms with E-state index in [-0.39, 0.29) is 37.0 Å². The Morgan fingerprint density at radius 1 is 1.18 bits per heavy atom. The molecule has 5 atom stereocenters. The molecule has 3 saturated heterocycles. The van der Waals surface area contributed by atoms with Crippen LogP contribution in [0.25, 0.3) is 10.8 Å². The largest absolute Gasteiger partial charge is 0.396 e. The summed E-state index contributed by atoms with van der Waals surface area (Å²) in [5.41, 5.74) is -0.380. The van der Waals surface area contributed by atoms with Crippen molar-refractivity contribution in [1.29, 1.82) is 0 Å². The molecule has 2 aromatic rings. The van der Waals surface area contributed by atoms with Gasteiger partial charge in [-0.2, -0.15) is 0 Å². The molecule has 8 heteroatoms. The second-order valence-corrected chi connectivity index (χ2v) is 9.51. The van der Waals surface area contributed by atoms with Crippen LogP contribution in [0.5, 0.6) is 0 Å². The summed E-state index contributed by atoms with van der Waals surface area (Å²) in [6.07, 6.45) is 1.98. The first kappa shape index (κ1) is 22.8. The summed E-state index contributed by atoms with van der Waals surface area (Å²) in [7, 11) is 0. The third-order valence-electron chi connectivity index (χ3n) is 7.47. The van der Waals surface area contributed by atoms with Crippen LogP contribution in [-0.2, 0) is 19.1 Å². The van der Waals surface area contributed by atoms with Crippen molar-refractivity contribution in [1.82, 2.24) is 10.2 Å². The van der Waals surface area contributed by atoms with Crippen molar-refractivity contribution in [2.24, 2.45) is 11.8 Å². The minimum Gasteiger partial charge on any atom is -0.396 e. The lowest BCUT2D eigenvalue weighted by Crippen LogP contribution is -2.53. The number of benzene rings is 2. The Kier molecular flexibility index (Phi) is 6.04. The fraction of sp³-hybridized carbons (Fsp3) is 0.500. The molecular weight excluding hydrogens is 434 g/mol. The van der Waals surface area contributed by atoms with Gasteiger partial charge in [0.2, 0.25) is 17.7 Å². The quantitative estimate of drug-likeness (QED) is 0.553. The van der Waals surface area contributed by atoms with E-state index in [1.165, 1.54) is 4.90 Å². The number of rotatable bonds is 8. The second kappa shape index (κ2) is 9.00. The molecule has 2 unspecified atom stereocenters. The average Bonchev–Trinajstić information content (AvgIpc) is 3.48. The Morgan fingerprint density at radius 3 is 2.74 bits per heavy atom. The monoisotopic (exact) mass is 465 g/mol. The second-order valence-electron chi connectivity index (χ2n) is 9.51. The van der Waals surface area contributed by atoms with Crippen LogP contribution >= 0.6 is 0 Å². The van der Waals surface area contributed by atoms with Gasteiger partial charge in [-0.05, 0) is 48.6 Å². The number of likely N-dealkylation sites (tertiary alicyclic amines) is 1. The third kappa shape index (κ3) is 3.56. The van der Waals surface area contributed by atoms with Gasteiger partial charge in [-0.15, -0.1) is 0 Å². The molecule has 0 aliphatic carbocycles. The van der Waals surface area contributed by atoms with E-state index in [1.54, 1.807) is 0 Å². The first-order chi connectivity index (χ1) is 16.5. The Bertz CT molecular complexity index is 1120. The molecule has 2 bridgehead atoms. The Morgan fingerprint density at radius 2 is 1.97 bits per heavy atom. The number of hydrogen-bond acceptors (Lipinski definition) is 5. The van der Waals surface area contributed by atoms with Gasteiger partial charge in [0, 0.05) is 25.4 Å². The van der Waals surface area contributed by atoms with Crippen molar-refractivity contribution >= 4 is 34.2 Å². The highest BCUT2D eigenvalue weighted by atomic mass is 16.5. The van der Waals surface area contributed by atoms with Gasteiger partial charge in [0.05, 0.1) is 17.9 Å². The number of nitrogens with one attached hydrogen (secondary N) is 2. The molecule has 34 heavy (non-hydrogen) atoms. The number of carbonyl (C=O) groups excluding carboxylic acids is 3. The summed E-state index contributed by atoms with van der Waals surface area (Å²) >= 11 is 0. The van der Waals surface area contributed by atoms with Gasteiger partial charge in [-0.1, -0.05) is 37.3 Å². The van der Waals surface area contributed by atoms with Gasteiger partial charge in [-0.3, -0.25) is 14.4 Å². The molecule has 0 aromatic heterocycles. The van der Waals surface area contributed by atoms with E-state index in [1.807, 2.05) is 49.4 Å². The van der Waals surface area contributed by atoms with Crippen molar-refractivity contribution in [3.05, 3.63) is 42.5 Å². The molecule has 0 saturated carbocycles. The summed E-state index contributed by atoms with van der Waals surface area (Å²) in [4.78, 5) is 41.8. The number of hydrogen-bond donors (Lipinski definition) is 3. The molecule has 0 radical (unpaired) electrons. The summed E-state index contributed by atoms with van der Waals surface area (Å²) in [5.74, 6) is -2.01. The van der Waals surface area contributed by atoms with Gasteiger partial charge >= 0.3 is 0 Å². The number of carbonyl (C=O) groups is 3. The van der Waals surface area contributed by atoms with Gasteiger partial charge in [0.25, 0.3) is 0 Å². The number of aliphatic hydroxyl groups is 1. The zero-order valence-corrected chi connectivity index (χ0v) is 19.3. The maximum atomic E-state index is 13.7. The molecule has 3 heterocycles. The lowest BCUT2D eigenvalue weighted by Gasteiger charge is -2.33. The number of fused-ring (bicyclic) bond motifs is 2. The van der Waals surface area contributed by atoms with Gasteiger partial charge in [-0.25, -0.2) is 0 Å². The van der Waals surface area contributed by atoms with Crippen molar-refractivity contribution < 1.29 is 24.2 Å². The Labute approximate surface area is 198 Å². The number of aliphatic hydroxyl groups excluding tert-OH is 1. The normalized spacial score (nSPS) is 29.5. The minimum atomic E-state index is -1.02. The van der Waals surface area contributed by atoms with Crippen molar-refractivity contribution in [2.45, 2.75) is 50.4 Å². The molecule has 5 rings (SSSR count). The molecule has 3 amide bonds. The summed E-state index contributed by atoms with van der Waals surface area (Å²) in [6, 6.07) is 12.7. The fourth-order valence-electron chi connectivity index (χ4n) is 6.08. The molecular formula is C26H31N3O5. The van der Waals surface area contributed by atoms with Crippen LogP contribution in [0.3, 0.4) is 0 Å². The molecule has 1 spiro atoms. The molecule has 3 fully saturated rings. The SMILES string of the molecule is CCCNC(=O)[C@@H]1[C@@H]2CCC3(O2)C(C(=O)Nc2ccc4ccccc4c2)N(CCCO)C(=O)[C@H]13. The summed E-state index contributed by atoms with van der Waals surface area (Å²) < 4.78 is 6.37. The van der Waals surface area contributed by atoms with E-state index in [0.29, 0.717) is 31.5 Å². The van der Waals surface area contributed by atoms with Gasteiger partial charge in [0.15, 0.2) is 0 Å². The zero-order chi connectivity index (χ0) is 23.9. The van der Waals surface area contributed by atoms with E-state index < -0.39 is 23.5 Å². The standard InChI is InChI=1S/C26H31N3O5/c1-2-12-27-23(31)20-19-10-11-26(34-19)21(20)25(33)29(13-5-14-30)22(26)24(32)28-18-9-8-16-6-3-4-7-17(16)15-18/h3-4,6-9,15,19-22,30H,2,5,10-14H2,1H3,(H,27,31)(H,28,32)/t19-,20+,21-,22?,26?/m0/s1. The Balaban J connectivity index is 1.46. The highest BCUT2D eigenvalue weighted by Gasteiger charge is 2.74. The van der Waals surface area contributed by atoms with E-state index in [0.717, 1.165) is 17.2 Å². The highest BCUT2D eigenvalue weighted by Crippen LogP contribution is 2.58. The fourth-order valence-corrected chi connectivity index (χ4v) is 6.08. The van der Waals surface area contributed by atoms with Crippen LogP contribution in [-0.4, -0.2) is 65.2 Å². The minimum absolute atomic E-state index is 0.0929. The molecule has 3 aliphatic rings. The average molecular weight is 466 g/mol. The number of ether oxygens (including phenoxy) is 1. The maximum absolute atomic E-state index is 13.7. The maximum Gasteiger partial charge on any atom is 0.250 e. The zero-order valence-electron chi connectivity index (χ0n) is 19.3. The van der Waals surface area contributed by atoms with E-state index >= 15 is 0 Å². The molecule has 3 aliphatic heterocycles. The summed E-state index contributed by atoms with van der Waals surface area (Å²) in [5, 5.41) is 17.4. The predicted octanol–water partition coefficient (Wildman–Crippen LogP) is 2.06. The van der Waals surface area contributed by atoms with Crippen LogP contribution in [0.1, 0.15) is 32.6 Å². The summed E-state index contributed by atoms with van der Waals surface area (Å²) in [6.45, 7) is 2.66. The Hall–Kier alpha value is -2.97. The van der Waals surface area contributed by atoms with E-state index in [2.05, 4.69) is 10.6 Å². The molecule has 8 nitrogen and oxygen atoms in total. The lowest BCUT2D eigenvalue weighted by atomic mass is 9.70. The first-order valence-corrected chi connectivity index (χ1v) is 12.2. The van der Waals surface area contributed by atoms with Crippen molar-refractivity contribution in [2.75, 3.05) is 25.0 Å². The van der Waals surface area contributed by atoms with Gasteiger partial charge in [0.1, 0.15) is 11.6 Å².